The molecule has 0 aliphatic carbocycles. The predicted molar refractivity (Wildman–Crippen MR) is 256 cm³/mol. The maximum Gasteiger partial charge on any atom is 0.472 e. The molecule has 3 aliphatic heterocycles. The van der Waals surface area contributed by atoms with E-state index < -0.39 is 147 Å². The Morgan fingerprint density at radius 2 is 1.31 bits per heavy atom. The third-order valence-corrected chi connectivity index (χ3v) is 20.8. The van der Waals surface area contributed by atoms with Crippen molar-refractivity contribution in [2.45, 2.75) is 80.5 Å². The van der Waals surface area contributed by atoms with Crippen molar-refractivity contribution >= 4 is 81.6 Å². The molecule has 0 amide bonds. The molecule has 15 N–H and O–H groups in total. The minimum absolute atomic E-state index is 0.0123. The average Bonchev–Trinajstić information content (AvgIpc) is 4.20. The maximum atomic E-state index is 13.8. The zero-order valence-electron chi connectivity index (χ0n) is 40.2. The van der Waals surface area contributed by atoms with Crippen molar-refractivity contribution in [2.75, 3.05) is 62.1 Å². The van der Waals surface area contributed by atoms with E-state index in [0.29, 0.717) is 12.4 Å². The molecule has 37 nitrogen and oxygen atoms in total. The van der Waals surface area contributed by atoms with Crippen LogP contribution in [0.2, 0.25) is 0 Å². The summed E-state index contributed by atoms with van der Waals surface area (Å²) in [6.07, 6.45) is -14.6. The van der Waals surface area contributed by atoms with Crippen LogP contribution in [0.25, 0.3) is 33.5 Å². The molecule has 10 unspecified atom stereocenters. The number of aryl methyl sites for hydroxylation is 1. The molecular weight excluding hydrogens is 1120 g/mol. The minimum Gasteiger partial charge on any atom is -0.387 e. The molecule has 0 spiro atoms. The molecule has 9 rings (SSSR count). The Morgan fingerprint density at radius 1 is 0.727 bits per heavy atom. The second-order valence-corrected chi connectivity index (χ2v) is 26.2. The van der Waals surface area contributed by atoms with Gasteiger partial charge in [-0.1, -0.05) is 4.98 Å². The Hall–Kier alpha value is -5.07. The molecule has 0 saturated carbocycles. The van der Waals surface area contributed by atoms with Crippen LogP contribution in [-0.2, 0) is 62.4 Å². The summed E-state index contributed by atoms with van der Waals surface area (Å²) < 4.78 is 103. The number of aromatic nitrogens is 12. The lowest BCUT2D eigenvalue weighted by molar-refractivity contribution is -0.745. The highest BCUT2D eigenvalue weighted by molar-refractivity contribution is 7.79. The van der Waals surface area contributed by atoms with Gasteiger partial charge in [0.15, 0.2) is 46.9 Å². The fourth-order valence-corrected chi connectivity index (χ4v) is 17.0. The minimum atomic E-state index is -5.40. The SMILES string of the molecule is CCNc1ncnc2c1ncn2[C@@H]1O[C@H](COP(=O)(O)CP(=O)(O)CP(=O)(O)OC[C@H]2O[C@@H]([n+]3cn(C)c4c(=O)[nH]c(N)nc43)C(O)C2O)C(OP(=O)(O)OC[C@H]2O[C@@H](n3cnc4c(=O)[nH]c(N)nc43)C(O)C2O)C1OC. The number of nitrogen functional groups attached to an aromatic ring is 2. The Labute approximate surface area is 429 Å². The predicted octanol–water partition coefficient (Wildman–Crippen LogP) is -3.64. The average molecular weight is 1170 g/mol. The summed E-state index contributed by atoms with van der Waals surface area (Å²) in [5.74, 6) is -3.57. The van der Waals surface area contributed by atoms with E-state index in [4.69, 9.17) is 48.5 Å². The van der Waals surface area contributed by atoms with Crippen molar-refractivity contribution in [1.82, 2.24) is 53.6 Å². The number of aliphatic hydroxyl groups is 4. The van der Waals surface area contributed by atoms with Crippen LogP contribution in [-0.4, -0.2) is 194 Å². The molecule has 9 heterocycles. The lowest BCUT2D eigenvalue weighted by Gasteiger charge is -2.26. The van der Waals surface area contributed by atoms with Crippen LogP contribution >= 0.6 is 30.4 Å². The van der Waals surface area contributed by atoms with Gasteiger partial charge in [0.1, 0.15) is 73.1 Å². The first-order valence-electron chi connectivity index (χ1n) is 22.7. The van der Waals surface area contributed by atoms with Crippen molar-refractivity contribution in [3.8, 4) is 0 Å². The first kappa shape index (κ1) is 56.6. The molecule has 77 heavy (non-hydrogen) atoms. The van der Waals surface area contributed by atoms with Crippen LogP contribution in [0.4, 0.5) is 17.7 Å². The van der Waals surface area contributed by atoms with Gasteiger partial charge >= 0.3 is 28.7 Å². The number of imidazole rings is 3. The van der Waals surface area contributed by atoms with Gasteiger partial charge in [0, 0.05) is 13.7 Å². The number of fused-ring (bicyclic) bond motifs is 3. The number of aromatic amines is 2. The number of methoxy groups -OCH3 is 1. The Kier molecular flexibility index (Phi) is 15.8. The third-order valence-electron chi connectivity index (χ3n) is 12.3. The molecule has 6 aromatic rings. The van der Waals surface area contributed by atoms with Crippen molar-refractivity contribution < 1.29 is 99.9 Å². The molecule has 41 heteroatoms. The smallest absolute Gasteiger partial charge is 0.387 e. The molecule has 16 atom stereocenters. The summed E-state index contributed by atoms with van der Waals surface area (Å²) in [5.41, 5.74) is 10.0. The Balaban J connectivity index is 0.873. The van der Waals surface area contributed by atoms with Gasteiger partial charge in [-0.25, -0.2) is 29.1 Å². The van der Waals surface area contributed by atoms with E-state index in [0.717, 1.165) is 18.0 Å². The normalized spacial score (nSPS) is 30.0. The highest BCUT2D eigenvalue weighted by Crippen LogP contribution is 2.65. The molecule has 422 valence electrons. The van der Waals surface area contributed by atoms with Gasteiger partial charge in [0.25, 0.3) is 17.1 Å². The lowest BCUT2D eigenvalue weighted by atomic mass is 10.1. The monoisotopic (exact) mass is 1170 g/mol. The molecule has 0 radical (unpaired) electrons. The summed E-state index contributed by atoms with van der Waals surface area (Å²) >= 11 is 0. The van der Waals surface area contributed by atoms with E-state index >= 15 is 0 Å². The van der Waals surface area contributed by atoms with Gasteiger partial charge in [0.05, 0.1) is 39.5 Å². The number of hydrogen-bond acceptors (Lipinski definition) is 27. The first-order chi connectivity index (χ1) is 36.2. The zero-order chi connectivity index (χ0) is 55.7. The van der Waals surface area contributed by atoms with E-state index in [-0.39, 0.29) is 45.4 Å². The van der Waals surface area contributed by atoms with Gasteiger partial charge < -0.3 is 84.8 Å². The van der Waals surface area contributed by atoms with E-state index in [2.05, 4.69) is 45.2 Å². The van der Waals surface area contributed by atoms with Crippen LogP contribution in [0.3, 0.4) is 0 Å². The van der Waals surface area contributed by atoms with Gasteiger partial charge in [-0.3, -0.25) is 56.0 Å². The second kappa shape index (κ2) is 21.5. The summed E-state index contributed by atoms with van der Waals surface area (Å²) in [4.78, 5) is 97.8. The molecule has 0 aromatic carbocycles. The first-order valence-corrected chi connectivity index (χ1v) is 29.8. The third kappa shape index (κ3) is 11.5. The Morgan fingerprint density at radius 3 is 1.99 bits per heavy atom. The van der Waals surface area contributed by atoms with E-state index in [1.54, 1.807) is 6.92 Å². The van der Waals surface area contributed by atoms with Crippen molar-refractivity contribution in [3.63, 3.8) is 0 Å². The standard InChI is InChI=1S/C36H51N15O22P4/c1-4-39-26-17-27(41-8-40-26)49(9-42-17)34-25(66-3)24(73-77(64,65)69-6-15-21(53)22(54)32(70-15)50-10-43-18-28(50)44-35(37)46-30(18)56)16(72-34)7-68-76(62,63)13-74(58,59)12-75(60,61)67-5-14-20(52)23(55)33(71-14)51-11-48(2)19-29(51)45-36(38)47-31(19)57/h8-11,14-16,20-25,32-34,52-55H,4-7,12-13H2,1-3H3,(H10-,37,38,39,40,41,44,45,46,47,56,57,58,59,60,61,62,63,64,65)/p+1/t14-,15-,16-,20?,21?,22?,23?,24?,25?,32-,33-,34-/m1/s1. The number of aliphatic hydroxyl groups excluding tert-OH is 4. The molecule has 3 fully saturated rings. The van der Waals surface area contributed by atoms with Crippen LogP contribution in [0, 0.1) is 0 Å². The number of anilines is 3. The number of H-pyrrole nitrogens is 2. The van der Waals surface area contributed by atoms with Crippen LogP contribution in [0.15, 0.2) is 34.9 Å². The van der Waals surface area contributed by atoms with Crippen molar-refractivity contribution in [3.05, 3.63) is 46.0 Å². The topological polar surface area (TPSA) is 530 Å². The zero-order valence-corrected chi connectivity index (χ0v) is 43.8. The van der Waals surface area contributed by atoms with E-state index in [1.165, 1.54) is 39.7 Å². The van der Waals surface area contributed by atoms with Crippen molar-refractivity contribution in [1.29, 1.82) is 0 Å². The number of ether oxygens (including phenoxy) is 4. The number of nitrogens with one attached hydrogen (secondary N) is 3. The molecule has 3 aliphatic rings. The van der Waals surface area contributed by atoms with Crippen LogP contribution in [0.5, 0.6) is 0 Å². The van der Waals surface area contributed by atoms with Gasteiger partial charge in [-0.15, -0.1) is 0 Å². The summed E-state index contributed by atoms with van der Waals surface area (Å²) in [6, 6.07) is 0. The summed E-state index contributed by atoms with van der Waals surface area (Å²) in [5, 5.41) is 46.5. The number of rotatable bonds is 21. The van der Waals surface area contributed by atoms with Crippen LogP contribution < -0.4 is 32.5 Å². The molecule has 6 aromatic heterocycles. The number of hydrogen-bond donors (Lipinski definition) is 13. The molecular formula is C36H52N15O22P4+. The van der Waals surface area contributed by atoms with E-state index in [1.807, 2.05) is 0 Å². The Bertz CT molecular complexity index is 3510. The van der Waals surface area contributed by atoms with Crippen LogP contribution in [0.1, 0.15) is 25.6 Å². The largest absolute Gasteiger partial charge is 0.472 e. The highest BCUT2D eigenvalue weighted by Gasteiger charge is 2.53. The molecule has 0 bridgehead atoms. The number of phosphoric ester groups is 1. The summed E-state index contributed by atoms with van der Waals surface area (Å²) in [7, 11) is -18.5. The van der Waals surface area contributed by atoms with Gasteiger partial charge in [-0.05, 0) is 6.92 Å². The van der Waals surface area contributed by atoms with Crippen molar-refractivity contribution in [2.24, 2.45) is 7.05 Å². The quantitative estimate of drug-likeness (QED) is 0.0244. The number of nitrogens with two attached hydrogens (primary N) is 2. The highest BCUT2D eigenvalue weighted by atomic mass is 31.3. The van der Waals surface area contributed by atoms with E-state index in [9.17, 15) is 67.8 Å². The maximum absolute atomic E-state index is 13.8. The fraction of sp³-hybridized carbons (Fsp3) is 0.583. The molecule has 3 saturated heterocycles. The second-order valence-electron chi connectivity index (χ2n) is 17.8. The summed E-state index contributed by atoms with van der Waals surface area (Å²) in [6.45, 7) is -0.751. The van der Waals surface area contributed by atoms with Gasteiger partial charge in [0.2, 0.25) is 25.1 Å². The lowest BCUT2D eigenvalue weighted by Crippen LogP contribution is -2.46. The fourth-order valence-electron chi connectivity index (χ4n) is 8.97. The number of phosphoric acid groups is 1. The van der Waals surface area contributed by atoms with Gasteiger partial charge in [-0.2, -0.15) is 4.98 Å². The number of nitrogens with zero attached hydrogens (tertiary/aromatic N) is 10.